The van der Waals surface area contributed by atoms with Crippen molar-refractivity contribution in [3.8, 4) is 23.0 Å². The maximum absolute atomic E-state index is 13.0. The van der Waals surface area contributed by atoms with Crippen molar-refractivity contribution in [2.75, 3.05) is 12.4 Å². The van der Waals surface area contributed by atoms with Crippen LogP contribution in [-0.2, 0) is 4.79 Å². The molecule has 3 rings (SSSR count). The van der Waals surface area contributed by atoms with Gasteiger partial charge in [-0.1, -0.05) is 12.1 Å². The molecule has 1 heterocycles. The molecule has 3 aromatic rings. The van der Waals surface area contributed by atoms with Crippen LogP contribution in [0.15, 0.2) is 53.1 Å². The number of carbonyl (C=O) groups excluding carboxylic acids is 1. The summed E-state index contributed by atoms with van der Waals surface area (Å²) < 4.78 is 28.8. The van der Waals surface area contributed by atoms with E-state index in [0.717, 1.165) is 0 Å². The van der Waals surface area contributed by atoms with Crippen molar-refractivity contribution in [1.82, 2.24) is 10.1 Å². The fraction of sp³-hybridized carbons (Fsp3) is 0.167. The first-order chi connectivity index (χ1) is 12.6. The van der Waals surface area contributed by atoms with Crippen molar-refractivity contribution >= 4 is 11.9 Å². The number of halogens is 1. The Morgan fingerprint density at radius 1 is 1.15 bits per heavy atom. The van der Waals surface area contributed by atoms with Gasteiger partial charge in [0.25, 0.3) is 17.7 Å². The van der Waals surface area contributed by atoms with Crippen LogP contribution >= 0.6 is 0 Å². The van der Waals surface area contributed by atoms with Crippen molar-refractivity contribution in [1.29, 1.82) is 0 Å². The molecule has 0 radical (unpaired) electrons. The van der Waals surface area contributed by atoms with Crippen LogP contribution in [0.3, 0.4) is 0 Å². The van der Waals surface area contributed by atoms with E-state index in [4.69, 9.17) is 14.0 Å². The Morgan fingerprint density at radius 2 is 1.85 bits per heavy atom. The highest BCUT2D eigenvalue weighted by atomic mass is 19.1. The van der Waals surface area contributed by atoms with E-state index in [-0.39, 0.29) is 17.7 Å². The number of carbonyl (C=O) groups is 1. The number of para-hydroxylation sites is 2. The number of rotatable bonds is 6. The summed E-state index contributed by atoms with van der Waals surface area (Å²) in [6, 6.07) is 12.6. The summed E-state index contributed by atoms with van der Waals surface area (Å²) in [6.45, 7) is 1.59. The van der Waals surface area contributed by atoms with Crippen LogP contribution in [-0.4, -0.2) is 29.3 Å². The molecule has 0 aliphatic rings. The van der Waals surface area contributed by atoms with Gasteiger partial charge in [-0.05, 0) is 48.5 Å². The molecule has 26 heavy (non-hydrogen) atoms. The van der Waals surface area contributed by atoms with Crippen LogP contribution in [0, 0.1) is 5.82 Å². The predicted octanol–water partition coefficient (Wildman–Crippen LogP) is 3.29. The van der Waals surface area contributed by atoms with Crippen LogP contribution in [0.25, 0.3) is 11.5 Å². The molecule has 0 saturated carbocycles. The summed E-state index contributed by atoms with van der Waals surface area (Å²) >= 11 is 0. The van der Waals surface area contributed by atoms with Crippen molar-refractivity contribution in [2.24, 2.45) is 0 Å². The van der Waals surface area contributed by atoms with Crippen LogP contribution in [0.5, 0.6) is 11.5 Å². The topological polar surface area (TPSA) is 86.5 Å². The van der Waals surface area contributed by atoms with Gasteiger partial charge in [-0.3, -0.25) is 10.1 Å². The van der Waals surface area contributed by atoms with Gasteiger partial charge in [0, 0.05) is 5.56 Å². The first-order valence-corrected chi connectivity index (χ1v) is 7.77. The third-order valence-corrected chi connectivity index (χ3v) is 3.49. The third kappa shape index (κ3) is 3.97. The van der Waals surface area contributed by atoms with Crippen LogP contribution in [0.1, 0.15) is 6.92 Å². The van der Waals surface area contributed by atoms with Gasteiger partial charge < -0.3 is 14.0 Å². The van der Waals surface area contributed by atoms with E-state index in [0.29, 0.717) is 17.1 Å². The highest BCUT2D eigenvalue weighted by Crippen LogP contribution is 2.27. The van der Waals surface area contributed by atoms with Crippen molar-refractivity contribution < 1.29 is 23.2 Å². The minimum Gasteiger partial charge on any atom is -0.493 e. The van der Waals surface area contributed by atoms with Gasteiger partial charge in [-0.25, -0.2) is 4.39 Å². The Kier molecular flexibility index (Phi) is 5.12. The standard InChI is InChI=1S/C18H16FN3O4/c1-11(25-15-6-4-3-5-14(15)24-2)16(23)20-18-21-17(26-22-18)12-7-9-13(19)10-8-12/h3-11H,1-2H3,(H,20,22,23)/t11-/m1/s1. The summed E-state index contributed by atoms with van der Waals surface area (Å²) in [5.74, 6) is 0.290. The molecule has 8 heteroatoms. The lowest BCUT2D eigenvalue weighted by Crippen LogP contribution is -2.30. The van der Waals surface area contributed by atoms with Gasteiger partial charge in [-0.2, -0.15) is 4.98 Å². The number of aromatic nitrogens is 2. The maximum atomic E-state index is 13.0. The van der Waals surface area contributed by atoms with Crippen LogP contribution in [0.4, 0.5) is 10.3 Å². The quantitative estimate of drug-likeness (QED) is 0.728. The smallest absolute Gasteiger partial charge is 0.270 e. The van der Waals surface area contributed by atoms with Gasteiger partial charge in [0.15, 0.2) is 17.6 Å². The fourth-order valence-electron chi connectivity index (χ4n) is 2.16. The molecule has 7 nitrogen and oxygen atoms in total. The zero-order valence-electron chi connectivity index (χ0n) is 14.1. The number of methoxy groups -OCH3 is 1. The molecule has 0 aliphatic heterocycles. The molecular weight excluding hydrogens is 341 g/mol. The Hall–Kier alpha value is -3.42. The lowest BCUT2D eigenvalue weighted by atomic mass is 10.2. The van der Waals surface area contributed by atoms with Gasteiger partial charge in [0.1, 0.15) is 5.82 Å². The van der Waals surface area contributed by atoms with E-state index >= 15 is 0 Å². The summed E-state index contributed by atoms with van der Waals surface area (Å²) in [4.78, 5) is 16.3. The van der Waals surface area contributed by atoms with E-state index in [1.54, 1.807) is 31.2 Å². The first kappa shape index (κ1) is 17.4. The van der Waals surface area contributed by atoms with Gasteiger partial charge in [0.05, 0.1) is 7.11 Å². The number of nitrogens with one attached hydrogen (secondary N) is 1. The number of nitrogens with zero attached hydrogens (tertiary/aromatic N) is 2. The second-order valence-corrected chi connectivity index (χ2v) is 5.33. The Labute approximate surface area is 148 Å². The number of ether oxygens (including phenoxy) is 2. The van der Waals surface area contributed by atoms with Crippen molar-refractivity contribution in [3.05, 3.63) is 54.3 Å². The van der Waals surface area contributed by atoms with Gasteiger partial charge >= 0.3 is 0 Å². The van der Waals surface area contributed by atoms with Crippen molar-refractivity contribution in [2.45, 2.75) is 13.0 Å². The number of benzene rings is 2. The van der Waals surface area contributed by atoms with Gasteiger partial charge in [0.2, 0.25) is 0 Å². The average Bonchev–Trinajstić information content (AvgIpc) is 3.11. The highest BCUT2D eigenvalue weighted by molar-refractivity contribution is 5.92. The SMILES string of the molecule is COc1ccccc1O[C@H](C)C(=O)Nc1noc(-c2ccc(F)cc2)n1. The number of amides is 1. The number of anilines is 1. The molecule has 2 aromatic carbocycles. The van der Waals surface area contributed by atoms with Crippen LogP contribution in [0.2, 0.25) is 0 Å². The summed E-state index contributed by atoms with van der Waals surface area (Å²) in [7, 11) is 1.52. The molecule has 0 spiro atoms. The van der Waals surface area contributed by atoms with E-state index in [2.05, 4.69) is 15.5 Å². The zero-order valence-corrected chi connectivity index (χ0v) is 14.1. The molecule has 0 fully saturated rings. The average molecular weight is 357 g/mol. The molecule has 0 aliphatic carbocycles. The Morgan fingerprint density at radius 3 is 2.54 bits per heavy atom. The number of hydrogen-bond donors (Lipinski definition) is 1. The van der Waals surface area contributed by atoms with E-state index in [1.807, 2.05) is 0 Å². The second-order valence-electron chi connectivity index (χ2n) is 5.33. The second kappa shape index (κ2) is 7.64. The van der Waals surface area contributed by atoms with Gasteiger partial charge in [-0.15, -0.1) is 0 Å². The van der Waals surface area contributed by atoms with Crippen LogP contribution < -0.4 is 14.8 Å². The minimum atomic E-state index is -0.820. The largest absolute Gasteiger partial charge is 0.493 e. The Balaban J connectivity index is 1.65. The monoisotopic (exact) mass is 357 g/mol. The summed E-state index contributed by atoms with van der Waals surface area (Å²) in [6.07, 6.45) is -0.820. The lowest BCUT2D eigenvalue weighted by Gasteiger charge is -2.15. The molecule has 0 unspecified atom stereocenters. The fourth-order valence-corrected chi connectivity index (χ4v) is 2.16. The molecule has 1 aromatic heterocycles. The molecule has 1 amide bonds. The lowest BCUT2D eigenvalue weighted by molar-refractivity contribution is -0.122. The zero-order chi connectivity index (χ0) is 18.5. The summed E-state index contributed by atoms with van der Waals surface area (Å²) in [5, 5.41) is 6.19. The number of hydrogen-bond acceptors (Lipinski definition) is 6. The first-order valence-electron chi connectivity index (χ1n) is 7.77. The highest BCUT2D eigenvalue weighted by Gasteiger charge is 2.19. The molecular formula is C18H16FN3O4. The normalized spacial score (nSPS) is 11.7. The minimum absolute atomic E-state index is 0.00944. The molecule has 1 atom stereocenters. The van der Waals surface area contributed by atoms with E-state index in [9.17, 15) is 9.18 Å². The maximum Gasteiger partial charge on any atom is 0.270 e. The molecule has 134 valence electrons. The molecule has 0 saturated heterocycles. The predicted molar refractivity (Wildman–Crippen MR) is 91.4 cm³/mol. The van der Waals surface area contributed by atoms with E-state index in [1.165, 1.54) is 31.4 Å². The van der Waals surface area contributed by atoms with E-state index < -0.39 is 12.0 Å². The summed E-state index contributed by atoms with van der Waals surface area (Å²) in [5.41, 5.74) is 0.540. The third-order valence-electron chi connectivity index (χ3n) is 3.49. The van der Waals surface area contributed by atoms with Crippen molar-refractivity contribution in [3.63, 3.8) is 0 Å². The molecule has 0 bridgehead atoms. The molecule has 1 N–H and O–H groups in total. The Bertz CT molecular complexity index is 895.